The van der Waals surface area contributed by atoms with E-state index in [4.69, 9.17) is 4.74 Å². The fourth-order valence-corrected chi connectivity index (χ4v) is 3.72. The van der Waals surface area contributed by atoms with Crippen molar-refractivity contribution in [1.29, 1.82) is 0 Å². The van der Waals surface area contributed by atoms with Crippen molar-refractivity contribution in [2.45, 2.75) is 56.6 Å². The van der Waals surface area contributed by atoms with Gasteiger partial charge in [0, 0.05) is 26.2 Å². The van der Waals surface area contributed by atoms with Crippen LogP contribution in [0.15, 0.2) is 5.10 Å². The van der Waals surface area contributed by atoms with Gasteiger partial charge >= 0.3 is 6.03 Å². The van der Waals surface area contributed by atoms with Crippen LogP contribution in [0, 0.1) is 5.92 Å². The number of methoxy groups -OCH3 is 1. The number of carbonyl (C=O) groups is 1. The molecular formula is C15H23F2N3O2. The molecule has 5 nitrogen and oxygen atoms in total. The Labute approximate surface area is 129 Å². The smallest absolute Gasteiger partial charge is 0.340 e. The van der Waals surface area contributed by atoms with Gasteiger partial charge in [-0.15, -0.1) is 0 Å². The molecule has 7 heteroatoms. The zero-order valence-electron chi connectivity index (χ0n) is 13.0. The second-order valence-electron chi connectivity index (χ2n) is 6.90. The van der Waals surface area contributed by atoms with Gasteiger partial charge in [0.25, 0.3) is 0 Å². The normalized spacial score (nSPS) is 37.3. The van der Waals surface area contributed by atoms with E-state index in [1.807, 2.05) is 6.92 Å². The summed E-state index contributed by atoms with van der Waals surface area (Å²) in [5.74, 6) is -0.166. The number of hydrogen-bond donors (Lipinski definition) is 0. The largest absolute Gasteiger partial charge is 0.375 e. The highest BCUT2D eigenvalue weighted by atomic mass is 19.1. The molecular weight excluding hydrogens is 292 g/mol. The van der Waals surface area contributed by atoms with Crippen LogP contribution in [-0.4, -0.2) is 66.3 Å². The predicted molar refractivity (Wildman–Crippen MR) is 78.3 cm³/mol. The molecule has 0 spiro atoms. The quantitative estimate of drug-likeness (QED) is 0.785. The molecule has 1 saturated heterocycles. The van der Waals surface area contributed by atoms with Gasteiger partial charge in [-0.3, -0.25) is 0 Å². The highest BCUT2D eigenvalue weighted by Crippen LogP contribution is 2.36. The minimum absolute atomic E-state index is 0.0175. The number of rotatable bonds is 2. The SMILES string of the molecule is COC1(C)CN(C(=O)N2N=CC[C@H]2C2CC(F)CC(F)C2)C1. The van der Waals surface area contributed by atoms with Crippen LogP contribution in [0.25, 0.3) is 0 Å². The van der Waals surface area contributed by atoms with E-state index in [1.54, 1.807) is 18.2 Å². The van der Waals surface area contributed by atoms with Crippen molar-refractivity contribution in [2.24, 2.45) is 11.0 Å². The Balaban J connectivity index is 1.63. The van der Waals surface area contributed by atoms with Crippen LogP contribution in [-0.2, 0) is 4.74 Å². The first kappa shape index (κ1) is 15.6. The van der Waals surface area contributed by atoms with Crippen molar-refractivity contribution in [3.8, 4) is 0 Å². The summed E-state index contributed by atoms with van der Waals surface area (Å²) >= 11 is 0. The standard InChI is InChI=1S/C15H23F2N3O2/c1-15(22-2)8-19(9-15)14(21)20-13(3-4-18-20)10-5-11(16)7-12(17)6-10/h4,10-13H,3,5-9H2,1-2H3/t10?,11?,12?,13-/m0/s1. The maximum Gasteiger partial charge on any atom is 0.340 e. The molecule has 3 atom stereocenters. The van der Waals surface area contributed by atoms with E-state index in [-0.39, 0.29) is 30.0 Å². The number of urea groups is 1. The summed E-state index contributed by atoms with van der Waals surface area (Å²) in [5.41, 5.74) is -0.298. The number of ether oxygens (including phenoxy) is 1. The first-order valence-corrected chi connectivity index (χ1v) is 7.86. The average Bonchev–Trinajstić information content (AvgIpc) is 2.91. The third-order valence-corrected chi connectivity index (χ3v) is 5.05. The monoisotopic (exact) mass is 315 g/mol. The minimum atomic E-state index is -1.12. The molecule has 1 saturated carbocycles. The number of carbonyl (C=O) groups excluding carboxylic acids is 1. The molecule has 0 bridgehead atoms. The Morgan fingerprint density at radius 2 is 1.91 bits per heavy atom. The van der Waals surface area contributed by atoms with Gasteiger partial charge in [-0.25, -0.2) is 18.6 Å². The Kier molecular flexibility index (Phi) is 4.09. The molecule has 0 aromatic rings. The number of halogens is 2. The molecule has 3 rings (SSSR count). The van der Waals surface area contributed by atoms with Crippen molar-refractivity contribution < 1.29 is 18.3 Å². The van der Waals surface area contributed by atoms with Crippen molar-refractivity contribution in [3.63, 3.8) is 0 Å². The molecule has 2 heterocycles. The number of likely N-dealkylation sites (tertiary alicyclic amines) is 1. The third-order valence-electron chi connectivity index (χ3n) is 5.05. The molecule has 2 unspecified atom stereocenters. The van der Waals surface area contributed by atoms with E-state index in [0.29, 0.717) is 32.4 Å². The lowest BCUT2D eigenvalue weighted by molar-refractivity contribution is -0.0971. The van der Waals surface area contributed by atoms with Crippen LogP contribution in [0.5, 0.6) is 0 Å². The summed E-state index contributed by atoms with van der Waals surface area (Å²) in [6.45, 7) is 2.98. The lowest BCUT2D eigenvalue weighted by Gasteiger charge is -2.48. The zero-order valence-corrected chi connectivity index (χ0v) is 13.0. The average molecular weight is 315 g/mol. The fraction of sp³-hybridized carbons (Fsp3) is 0.867. The molecule has 3 aliphatic rings. The lowest BCUT2D eigenvalue weighted by atomic mass is 9.81. The molecule has 2 amide bonds. The van der Waals surface area contributed by atoms with Gasteiger partial charge in [0.05, 0.1) is 19.1 Å². The molecule has 1 aliphatic carbocycles. The first-order chi connectivity index (χ1) is 10.4. The molecule has 22 heavy (non-hydrogen) atoms. The minimum Gasteiger partial charge on any atom is -0.375 e. The van der Waals surface area contributed by atoms with Crippen LogP contribution in [0.2, 0.25) is 0 Å². The van der Waals surface area contributed by atoms with Crippen molar-refractivity contribution in [2.75, 3.05) is 20.2 Å². The second kappa shape index (κ2) is 5.76. The van der Waals surface area contributed by atoms with Gasteiger partial charge in [-0.1, -0.05) is 0 Å². The number of nitrogens with zero attached hydrogens (tertiary/aromatic N) is 3. The van der Waals surface area contributed by atoms with Gasteiger partial charge in [0.1, 0.15) is 17.9 Å². The van der Waals surface area contributed by atoms with Gasteiger partial charge in [0.15, 0.2) is 0 Å². The molecule has 0 radical (unpaired) electrons. The maximum absolute atomic E-state index is 13.6. The topological polar surface area (TPSA) is 45.1 Å². The van der Waals surface area contributed by atoms with Crippen LogP contribution in [0.3, 0.4) is 0 Å². The molecule has 2 aliphatic heterocycles. The van der Waals surface area contributed by atoms with Crippen LogP contribution >= 0.6 is 0 Å². The van der Waals surface area contributed by atoms with Crippen molar-refractivity contribution >= 4 is 12.2 Å². The molecule has 0 aromatic heterocycles. The Bertz CT molecular complexity index is 458. The summed E-state index contributed by atoms with van der Waals surface area (Å²) < 4.78 is 32.6. The van der Waals surface area contributed by atoms with Gasteiger partial charge < -0.3 is 9.64 Å². The van der Waals surface area contributed by atoms with Gasteiger partial charge in [-0.2, -0.15) is 5.10 Å². The first-order valence-electron chi connectivity index (χ1n) is 7.86. The number of amides is 2. The summed E-state index contributed by atoms with van der Waals surface area (Å²) in [7, 11) is 1.63. The van der Waals surface area contributed by atoms with Crippen LogP contribution in [0.1, 0.15) is 32.6 Å². The summed E-state index contributed by atoms with van der Waals surface area (Å²) in [6.07, 6.45) is 0.621. The highest BCUT2D eigenvalue weighted by Gasteiger charge is 2.46. The van der Waals surface area contributed by atoms with E-state index in [9.17, 15) is 13.6 Å². The van der Waals surface area contributed by atoms with Gasteiger partial charge in [-0.05, 0) is 25.7 Å². The van der Waals surface area contributed by atoms with Crippen LogP contribution < -0.4 is 0 Å². The summed E-state index contributed by atoms with van der Waals surface area (Å²) in [6, 6.07) is -0.414. The molecule has 2 fully saturated rings. The van der Waals surface area contributed by atoms with Gasteiger partial charge in [0.2, 0.25) is 0 Å². The van der Waals surface area contributed by atoms with E-state index in [2.05, 4.69) is 5.10 Å². The van der Waals surface area contributed by atoms with Crippen molar-refractivity contribution in [1.82, 2.24) is 9.91 Å². The Hall–Kier alpha value is -1.24. The Morgan fingerprint density at radius 3 is 2.50 bits per heavy atom. The number of alkyl halides is 2. The fourth-order valence-electron chi connectivity index (χ4n) is 3.72. The maximum atomic E-state index is 13.6. The van der Waals surface area contributed by atoms with E-state index in [0.717, 1.165) is 0 Å². The van der Waals surface area contributed by atoms with E-state index < -0.39 is 12.3 Å². The molecule has 0 N–H and O–H groups in total. The van der Waals surface area contributed by atoms with E-state index in [1.165, 1.54) is 5.01 Å². The second-order valence-corrected chi connectivity index (χ2v) is 6.90. The third kappa shape index (κ3) is 2.83. The summed E-state index contributed by atoms with van der Waals surface area (Å²) in [5, 5.41) is 5.57. The molecule has 0 aromatic carbocycles. The summed E-state index contributed by atoms with van der Waals surface area (Å²) in [4.78, 5) is 14.2. The van der Waals surface area contributed by atoms with Crippen molar-refractivity contribution in [3.05, 3.63) is 0 Å². The lowest BCUT2D eigenvalue weighted by Crippen LogP contribution is -2.65. The zero-order chi connectivity index (χ0) is 15.9. The number of hydrogen-bond acceptors (Lipinski definition) is 3. The van der Waals surface area contributed by atoms with Crippen LogP contribution in [0.4, 0.5) is 13.6 Å². The highest BCUT2D eigenvalue weighted by molar-refractivity contribution is 5.79. The predicted octanol–water partition coefficient (Wildman–Crippen LogP) is 2.36. The molecule has 124 valence electrons. The number of hydrazone groups is 1. The Morgan fingerprint density at radius 1 is 1.27 bits per heavy atom. The van der Waals surface area contributed by atoms with E-state index >= 15 is 0 Å².